The highest BCUT2D eigenvalue weighted by molar-refractivity contribution is 5.74. The highest BCUT2D eigenvalue weighted by Gasteiger charge is 1.94. The maximum Gasteiger partial charge on any atom is 0.243 e. The number of rotatable bonds is 11. The molecule has 2 N–H and O–H groups in total. The van der Waals surface area contributed by atoms with Gasteiger partial charge in [0.05, 0.1) is 0 Å². The minimum absolute atomic E-state index is 0.00863. The molecule has 0 aliphatic heterocycles. The average molecular weight is 219 g/mol. The van der Waals surface area contributed by atoms with E-state index in [1.165, 1.54) is 0 Å². The smallest absolute Gasteiger partial charge is 0.243 e. The number of amides is 1. The van der Waals surface area contributed by atoms with E-state index in [4.69, 9.17) is 19.9 Å². The van der Waals surface area contributed by atoms with Gasteiger partial charge < -0.3 is 19.9 Å². The Balaban J connectivity index is 2.89. The van der Waals surface area contributed by atoms with Crippen molar-refractivity contribution in [1.82, 2.24) is 0 Å². The number of primary amides is 1. The number of hydrogen-bond donors (Lipinski definition) is 1. The number of methoxy groups -OCH3 is 1. The van der Waals surface area contributed by atoms with Crippen LogP contribution in [0.3, 0.4) is 0 Å². The Morgan fingerprint density at radius 1 is 1.00 bits per heavy atom. The summed E-state index contributed by atoms with van der Waals surface area (Å²) in [5.74, 6) is -0.425. The van der Waals surface area contributed by atoms with E-state index in [2.05, 4.69) is 0 Å². The molecule has 0 atom stereocenters. The fourth-order valence-electron chi connectivity index (χ4n) is 0.988. The van der Waals surface area contributed by atoms with Crippen molar-refractivity contribution in [1.29, 1.82) is 0 Å². The first-order chi connectivity index (χ1) is 7.27. The third-order valence-corrected chi connectivity index (χ3v) is 1.71. The summed E-state index contributed by atoms with van der Waals surface area (Å²) in [6, 6.07) is 0. The molecular weight excluding hydrogens is 198 g/mol. The van der Waals surface area contributed by atoms with Crippen LogP contribution in [0.5, 0.6) is 0 Å². The molecule has 0 bridgehead atoms. The summed E-state index contributed by atoms with van der Waals surface area (Å²) in [5, 5.41) is 0. The molecule has 0 aromatic rings. The van der Waals surface area contributed by atoms with Crippen molar-refractivity contribution in [3.05, 3.63) is 0 Å². The zero-order valence-corrected chi connectivity index (χ0v) is 9.37. The zero-order valence-electron chi connectivity index (χ0n) is 9.37. The molecule has 0 heterocycles. The van der Waals surface area contributed by atoms with E-state index in [9.17, 15) is 4.79 Å². The number of carbonyl (C=O) groups is 1. The standard InChI is InChI=1S/C10H21NO4/c1-13-5-4-8-14-6-2-3-7-15-9-10(11)12/h2-9H2,1H3,(H2,11,12). The van der Waals surface area contributed by atoms with Crippen LogP contribution >= 0.6 is 0 Å². The molecule has 0 aromatic carbocycles. The lowest BCUT2D eigenvalue weighted by Gasteiger charge is -2.04. The normalized spacial score (nSPS) is 10.5. The van der Waals surface area contributed by atoms with Gasteiger partial charge in [0, 0.05) is 33.5 Å². The van der Waals surface area contributed by atoms with Crippen LogP contribution < -0.4 is 5.73 Å². The third kappa shape index (κ3) is 13.3. The van der Waals surface area contributed by atoms with Crippen molar-refractivity contribution in [2.24, 2.45) is 5.73 Å². The number of unbranched alkanes of at least 4 members (excludes halogenated alkanes) is 1. The van der Waals surface area contributed by atoms with Crippen LogP contribution in [0.4, 0.5) is 0 Å². The molecule has 90 valence electrons. The zero-order chi connectivity index (χ0) is 11.4. The summed E-state index contributed by atoms with van der Waals surface area (Å²) in [4.78, 5) is 10.3. The quantitative estimate of drug-likeness (QED) is 0.508. The van der Waals surface area contributed by atoms with Gasteiger partial charge in [-0.25, -0.2) is 0 Å². The Morgan fingerprint density at radius 3 is 2.20 bits per heavy atom. The molecule has 5 nitrogen and oxygen atoms in total. The van der Waals surface area contributed by atoms with E-state index < -0.39 is 5.91 Å². The van der Waals surface area contributed by atoms with Crippen LogP contribution in [-0.2, 0) is 19.0 Å². The highest BCUT2D eigenvalue weighted by atomic mass is 16.5. The van der Waals surface area contributed by atoms with Gasteiger partial charge in [0.2, 0.25) is 5.91 Å². The molecule has 0 spiro atoms. The van der Waals surface area contributed by atoms with Crippen LogP contribution in [0, 0.1) is 0 Å². The predicted molar refractivity (Wildman–Crippen MR) is 56.6 cm³/mol. The van der Waals surface area contributed by atoms with E-state index in [1.807, 2.05) is 0 Å². The number of ether oxygens (including phenoxy) is 3. The van der Waals surface area contributed by atoms with Gasteiger partial charge >= 0.3 is 0 Å². The van der Waals surface area contributed by atoms with Crippen LogP contribution in [0.15, 0.2) is 0 Å². The summed E-state index contributed by atoms with van der Waals surface area (Å²) < 4.78 is 15.2. The van der Waals surface area contributed by atoms with Gasteiger partial charge in [-0.05, 0) is 19.3 Å². The second-order valence-corrected chi connectivity index (χ2v) is 3.18. The maximum absolute atomic E-state index is 10.3. The van der Waals surface area contributed by atoms with Crippen molar-refractivity contribution in [3.63, 3.8) is 0 Å². The molecule has 0 fully saturated rings. The Labute approximate surface area is 90.9 Å². The number of carbonyl (C=O) groups excluding carboxylic acids is 1. The third-order valence-electron chi connectivity index (χ3n) is 1.71. The molecule has 0 unspecified atom stereocenters. The first-order valence-corrected chi connectivity index (χ1v) is 5.20. The SMILES string of the molecule is COCCCOCCCCOCC(N)=O. The van der Waals surface area contributed by atoms with Crippen molar-refractivity contribution in [2.75, 3.05) is 40.1 Å². The van der Waals surface area contributed by atoms with E-state index in [1.54, 1.807) is 7.11 Å². The van der Waals surface area contributed by atoms with E-state index in [0.29, 0.717) is 6.61 Å². The molecule has 0 saturated heterocycles. The summed E-state index contributed by atoms with van der Waals surface area (Å²) in [6.45, 7) is 2.76. The largest absolute Gasteiger partial charge is 0.385 e. The van der Waals surface area contributed by atoms with Gasteiger partial charge in [0.25, 0.3) is 0 Å². The Kier molecular flexibility index (Phi) is 10.9. The lowest BCUT2D eigenvalue weighted by Crippen LogP contribution is -2.18. The molecule has 1 amide bonds. The van der Waals surface area contributed by atoms with Gasteiger partial charge in [-0.15, -0.1) is 0 Å². The van der Waals surface area contributed by atoms with Crippen LogP contribution in [0.1, 0.15) is 19.3 Å². The summed E-state index contributed by atoms with van der Waals surface area (Å²) in [7, 11) is 1.68. The molecule has 0 rings (SSSR count). The van der Waals surface area contributed by atoms with E-state index in [-0.39, 0.29) is 6.61 Å². The average Bonchev–Trinajstić information content (AvgIpc) is 2.20. The monoisotopic (exact) mass is 219 g/mol. The van der Waals surface area contributed by atoms with Crippen molar-refractivity contribution in [2.45, 2.75) is 19.3 Å². The second kappa shape index (κ2) is 11.4. The predicted octanol–water partition coefficient (Wildman–Crippen LogP) is 0.322. The van der Waals surface area contributed by atoms with E-state index >= 15 is 0 Å². The summed E-state index contributed by atoms with van der Waals surface area (Å²) >= 11 is 0. The van der Waals surface area contributed by atoms with E-state index in [0.717, 1.165) is 39.1 Å². The Bertz CT molecular complexity index is 152. The Hall–Kier alpha value is -0.650. The molecule has 0 aliphatic carbocycles. The molecule has 0 aliphatic rings. The molecule has 0 saturated carbocycles. The van der Waals surface area contributed by atoms with Gasteiger partial charge in [-0.3, -0.25) is 4.79 Å². The van der Waals surface area contributed by atoms with Crippen LogP contribution in [0.2, 0.25) is 0 Å². The van der Waals surface area contributed by atoms with Crippen molar-refractivity contribution < 1.29 is 19.0 Å². The van der Waals surface area contributed by atoms with Gasteiger partial charge in [-0.2, -0.15) is 0 Å². The molecule has 0 radical (unpaired) electrons. The fraction of sp³-hybridized carbons (Fsp3) is 0.900. The topological polar surface area (TPSA) is 70.8 Å². The van der Waals surface area contributed by atoms with Gasteiger partial charge in [0.1, 0.15) is 6.61 Å². The molecule has 0 aromatic heterocycles. The first kappa shape index (κ1) is 14.3. The maximum atomic E-state index is 10.3. The lowest BCUT2D eigenvalue weighted by atomic mass is 10.3. The van der Waals surface area contributed by atoms with Crippen molar-refractivity contribution >= 4 is 5.91 Å². The Morgan fingerprint density at radius 2 is 1.60 bits per heavy atom. The highest BCUT2D eigenvalue weighted by Crippen LogP contribution is 1.92. The van der Waals surface area contributed by atoms with Crippen LogP contribution in [0.25, 0.3) is 0 Å². The van der Waals surface area contributed by atoms with Gasteiger partial charge in [0.15, 0.2) is 0 Å². The summed E-state index contributed by atoms with van der Waals surface area (Å²) in [5.41, 5.74) is 4.90. The lowest BCUT2D eigenvalue weighted by molar-refractivity contribution is -0.122. The fourth-order valence-corrected chi connectivity index (χ4v) is 0.988. The van der Waals surface area contributed by atoms with Crippen molar-refractivity contribution in [3.8, 4) is 0 Å². The van der Waals surface area contributed by atoms with Gasteiger partial charge in [-0.1, -0.05) is 0 Å². The first-order valence-electron chi connectivity index (χ1n) is 5.20. The second-order valence-electron chi connectivity index (χ2n) is 3.18. The minimum atomic E-state index is -0.425. The molecule has 15 heavy (non-hydrogen) atoms. The minimum Gasteiger partial charge on any atom is -0.385 e. The van der Waals surface area contributed by atoms with Crippen LogP contribution in [-0.4, -0.2) is 46.1 Å². The number of nitrogens with two attached hydrogens (primary N) is 1. The molecule has 5 heteroatoms. The number of hydrogen-bond acceptors (Lipinski definition) is 4. The summed E-state index contributed by atoms with van der Waals surface area (Å²) in [6.07, 6.45) is 2.75. The molecular formula is C10H21NO4.